The molecular weight excluding hydrogens is 329 g/mol. The Morgan fingerprint density at radius 1 is 1.38 bits per heavy atom. The second-order valence-corrected chi connectivity index (χ2v) is 5.24. The molecule has 2 rings (SSSR count). The maximum Gasteiger partial charge on any atom is 0.418 e. The van der Waals surface area contributed by atoms with Gasteiger partial charge in [0.15, 0.2) is 0 Å². The molecular formula is C11H4ClF3N4OS. The lowest BCUT2D eigenvalue weighted by atomic mass is 10.1. The number of nitriles is 1. The Morgan fingerprint density at radius 3 is 2.62 bits per heavy atom. The van der Waals surface area contributed by atoms with Crippen LogP contribution in [0.2, 0.25) is 4.47 Å². The molecule has 0 saturated carbocycles. The number of rotatable bonds is 2. The topological polar surface area (TPSA) is 78.7 Å². The van der Waals surface area contributed by atoms with Crippen molar-refractivity contribution >= 4 is 34.5 Å². The van der Waals surface area contributed by atoms with E-state index in [0.717, 1.165) is 23.5 Å². The monoisotopic (exact) mass is 332 g/mol. The minimum atomic E-state index is -4.71. The Labute approximate surface area is 125 Å². The lowest BCUT2D eigenvalue weighted by Crippen LogP contribution is -2.16. The zero-order valence-corrected chi connectivity index (χ0v) is 11.5. The van der Waals surface area contributed by atoms with Crippen molar-refractivity contribution in [3.05, 3.63) is 38.8 Å². The molecule has 0 radical (unpaired) electrons. The van der Waals surface area contributed by atoms with E-state index >= 15 is 0 Å². The van der Waals surface area contributed by atoms with Gasteiger partial charge in [0.1, 0.15) is 0 Å². The quantitative estimate of drug-likeness (QED) is 0.914. The van der Waals surface area contributed by atoms with Crippen molar-refractivity contribution in [3.63, 3.8) is 0 Å². The van der Waals surface area contributed by atoms with E-state index in [1.807, 2.05) is 0 Å². The molecule has 5 nitrogen and oxygen atoms in total. The summed E-state index contributed by atoms with van der Waals surface area (Å²) in [5.74, 6) is -0.866. The van der Waals surface area contributed by atoms with Crippen LogP contribution in [-0.4, -0.2) is 16.1 Å². The zero-order chi connectivity index (χ0) is 15.6. The second-order valence-electron chi connectivity index (χ2n) is 3.68. The molecule has 1 heterocycles. The number of halogens is 4. The Bertz CT molecular complexity index is 738. The summed E-state index contributed by atoms with van der Waals surface area (Å²) in [6.45, 7) is 0. The first kappa shape index (κ1) is 15.2. The predicted octanol–water partition coefficient (Wildman–Crippen LogP) is 3.33. The van der Waals surface area contributed by atoms with Crippen LogP contribution in [0.5, 0.6) is 0 Å². The van der Waals surface area contributed by atoms with E-state index in [-0.39, 0.29) is 15.0 Å². The third-order valence-electron chi connectivity index (χ3n) is 2.30. The number of hydrogen-bond acceptors (Lipinski definition) is 5. The van der Waals surface area contributed by atoms with E-state index in [4.69, 9.17) is 16.9 Å². The highest BCUT2D eigenvalue weighted by Crippen LogP contribution is 2.35. The Balaban J connectivity index is 2.36. The van der Waals surface area contributed by atoms with Crippen LogP contribution < -0.4 is 5.32 Å². The number of anilines is 1. The molecule has 0 bridgehead atoms. The van der Waals surface area contributed by atoms with Gasteiger partial charge in [0.05, 0.1) is 22.9 Å². The average Bonchev–Trinajstić information content (AvgIpc) is 2.84. The Kier molecular flexibility index (Phi) is 4.11. The number of alkyl halides is 3. The molecule has 1 amide bonds. The van der Waals surface area contributed by atoms with Crippen molar-refractivity contribution in [3.8, 4) is 6.07 Å². The van der Waals surface area contributed by atoms with E-state index in [2.05, 4.69) is 15.5 Å². The molecule has 0 saturated heterocycles. The maximum absolute atomic E-state index is 12.9. The first-order valence-electron chi connectivity index (χ1n) is 5.23. The highest BCUT2D eigenvalue weighted by molar-refractivity contribution is 7.17. The van der Waals surface area contributed by atoms with Gasteiger partial charge in [-0.05, 0) is 29.8 Å². The lowest BCUT2D eigenvalue weighted by Gasteiger charge is -2.13. The number of nitrogens with zero attached hydrogens (tertiary/aromatic N) is 3. The highest BCUT2D eigenvalue weighted by Gasteiger charge is 2.34. The SMILES string of the molecule is N#Cc1ccc(NC(=O)c2nnc(Cl)s2)c(C(F)(F)F)c1. The van der Waals surface area contributed by atoms with Crippen LogP contribution >= 0.6 is 22.9 Å². The molecule has 10 heteroatoms. The standard InChI is InChI=1S/C11H4ClF3N4OS/c12-10-19-18-9(21-10)8(20)17-7-2-1-5(4-16)3-6(7)11(13,14)15/h1-3H,(H,17,20). The summed E-state index contributed by atoms with van der Waals surface area (Å²) in [7, 11) is 0. The summed E-state index contributed by atoms with van der Waals surface area (Å²) in [5, 5.41) is 17.4. The summed E-state index contributed by atoms with van der Waals surface area (Å²) >= 11 is 6.23. The first-order valence-corrected chi connectivity index (χ1v) is 6.42. The second kappa shape index (κ2) is 5.67. The van der Waals surface area contributed by atoms with Gasteiger partial charge in [-0.2, -0.15) is 18.4 Å². The molecule has 21 heavy (non-hydrogen) atoms. The minimum Gasteiger partial charge on any atom is -0.319 e. The van der Waals surface area contributed by atoms with E-state index in [1.54, 1.807) is 6.07 Å². The molecule has 0 atom stereocenters. The first-order chi connectivity index (χ1) is 9.81. The number of amides is 1. The van der Waals surface area contributed by atoms with Gasteiger partial charge in [-0.15, -0.1) is 10.2 Å². The van der Waals surface area contributed by atoms with Crippen molar-refractivity contribution in [2.24, 2.45) is 0 Å². The van der Waals surface area contributed by atoms with Crippen LogP contribution in [0.25, 0.3) is 0 Å². The highest BCUT2D eigenvalue weighted by atomic mass is 35.5. The molecule has 2 aromatic rings. The third kappa shape index (κ3) is 3.48. The number of carbonyl (C=O) groups excluding carboxylic acids is 1. The van der Waals surface area contributed by atoms with Gasteiger partial charge in [-0.1, -0.05) is 11.3 Å². The van der Waals surface area contributed by atoms with Crippen LogP contribution in [0.4, 0.5) is 18.9 Å². The van der Waals surface area contributed by atoms with E-state index in [9.17, 15) is 18.0 Å². The number of nitrogens with one attached hydrogen (secondary N) is 1. The number of hydrogen-bond donors (Lipinski definition) is 1. The maximum atomic E-state index is 12.9. The molecule has 1 N–H and O–H groups in total. The number of benzene rings is 1. The summed E-state index contributed by atoms with van der Waals surface area (Å²) in [5.41, 5.74) is -1.76. The van der Waals surface area contributed by atoms with Crippen LogP contribution in [-0.2, 0) is 6.18 Å². The largest absolute Gasteiger partial charge is 0.418 e. The Hall–Kier alpha value is -2.18. The smallest absolute Gasteiger partial charge is 0.319 e. The molecule has 0 aliphatic heterocycles. The summed E-state index contributed by atoms with van der Waals surface area (Å²) < 4.78 is 38.7. The van der Waals surface area contributed by atoms with Gasteiger partial charge < -0.3 is 5.32 Å². The van der Waals surface area contributed by atoms with Gasteiger partial charge >= 0.3 is 6.18 Å². The van der Waals surface area contributed by atoms with Gasteiger partial charge in [0, 0.05) is 0 Å². The fourth-order valence-corrected chi connectivity index (χ4v) is 2.15. The molecule has 108 valence electrons. The Morgan fingerprint density at radius 2 is 2.10 bits per heavy atom. The van der Waals surface area contributed by atoms with Gasteiger partial charge in [-0.3, -0.25) is 4.79 Å². The van der Waals surface area contributed by atoms with E-state index in [0.29, 0.717) is 6.07 Å². The molecule has 1 aromatic carbocycles. The molecule has 0 aliphatic carbocycles. The van der Waals surface area contributed by atoms with Gasteiger partial charge in [0.2, 0.25) is 9.47 Å². The molecule has 1 aromatic heterocycles. The summed E-state index contributed by atoms with van der Waals surface area (Å²) in [6.07, 6.45) is -4.71. The minimum absolute atomic E-state index is 0.00368. The van der Waals surface area contributed by atoms with Gasteiger partial charge in [0.25, 0.3) is 5.91 Å². The zero-order valence-electron chi connectivity index (χ0n) is 9.90. The molecule has 0 aliphatic rings. The number of carbonyl (C=O) groups is 1. The summed E-state index contributed by atoms with van der Waals surface area (Å²) in [4.78, 5) is 11.8. The number of aromatic nitrogens is 2. The van der Waals surface area contributed by atoms with E-state index < -0.39 is 23.3 Å². The van der Waals surface area contributed by atoms with Crippen molar-refractivity contribution in [2.45, 2.75) is 6.18 Å². The van der Waals surface area contributed by atoms with Gasteiger partial charge in [-0.25, -0.2) is 0 Å². The normalized spacial score (nSPS) is 11.0. The predicted molar refractivity (Wildman–Crippen MR) is 69.0 cm³/mol. The average molecular weight is 333 g/mol. The van der Waals surface area contributed by atoms with Crippen LogP contribution in [0.3, 0.4) is 0 Å². The van der Waals surface area contributed by atoms with Crippen LogP contribution in [0.15, 0.2) is 18.2 Å². The van der Waals surface area contributed by atoms with Crippen molar-refractivity contribution in [2.75, 3.05) is 5.32 Å². The fraction of sp³-hybridized carbons (Fsp3) is 0.0909. The molecule has 0 fully saturated rings. The lowest BCUT2D eigenvalue weighted by molar-refractivity contribution is -0.136. The van der Waals surface area contributed by atoms with Crippen molar-refractivity contribution in [1.29, 1.82) is 5.26 Å². The van der Waals surface area contributed by atoms with Crippen molar-refractivity contribution < 1.29 is 18.0 Å². The van der Waals surface area contributed by atoms with E-state index in [1.165, 1.54) is 0 Å². The molecule has 0 unspecified atom stereocenters. The molecule has 0 spiro atoms. The van der Waals surface area contributed by atoms with Crippen molar-refractivity contribution in [1.82, 2.24) is 10.2 Å². The fourth-order valence-electron chi connectivity index (χ4n) is 1.43. The third-order valence-corrected chi connectivity index (χ3v) is 3.31. The van der Waals surface area contributed by atoms with Crippen LogP contribution in [0.1, 0.15) is 20.9 Å². The summed E-state index contributed by atoms with van der Waals surface area (Å²) in [6, 6.07) is 4.43. The van der Waals surface area contributed by atoms with Crippen LogP contribution in [0, 0.1) is 11.3 Å².